The van der Waals surface area contributed by atoms with E-state index >= 15 is 0 Å². The number of esters is 2. The molecule has 0 unspecified atom stereocenters. The summed E-state index contributed by atoms with van der Waals surface area (Å²) in [6, 6.07) is 0. The molecule has 0 aromatic rings. The molecule has 0 aliphatic heterocycles. The van der Waals surface area contributed by atoms with E-state index in [2.05, 4.69) is 82.5 Å². The zero-order chi connectivity index (χ0) is 28.3. The molecule has 0 amide bonds. The van der Waals surface area contributed by atoms with Gasteiger partial charge in [-0.15, -0.1) is 0 Å². The van der Waals surface area contributed by atoms with Crippen LogP contribution in [0.4, 0.5) is 0 Å². The van der Waals surface area contributed by atoms with E-state index in [0.29, 0.717) is 6.42 Å². The van der Waals surface area contributed by atoms with Crippen LogP contribution in [-0.4, -0.2) is 31.3 Å². The molecule has 8 nitrogen and oxygen atoms in total. The Morgan fingerprint density at radius 1 is 0.756 bits per heavy atom. The van der Waals surface area contributed by atoms with Gasteiger partial charge in [-0.05, 0) is 72.5 Å². The van der Waals surface area contributed by atoms with Crippen LogP contribution in [0.15, 0.2) is 0 Å². The van der Waals surface area contributed by atoms with Crippen molar-refractivity contribution in [1.29, 1.82) is 0 Å². The Labute approximate surface area is 312 Å². The Kier molecular flexibility index (Phi) is 37.9. The van der Waals surface area contributed by atoms with Crippen molar-refractivity contribution in [2.24, 2.45) is 0 Å². The number of hydrogen-bond acceptors (Lipinski definition) is 8. The van der Waals surface area contributed by atoms with Crippen molar-refractivity contribution in [1.82, 2.24) is 0 Å². The zero-order valence-corrected chi connectivity index (χ0v) is 30.2. The van der Waals surface area contributed by atoms with Gasteiger partial charge in [0.15, 0.2) is 6.10 Å². The molecule has 0 bridgehead atoms. The maximum Gasteiger partial charge on any atom is 1.00 e. The van der Waals surface area contributed by atoms with E-state index in [4.69, 9.17) is 9.47 Å². The molecule has 232 valence electrons. The largest absolute Gasteiger partial charge is 1.00 e. The van der Waals surface area contributed by atoms with E-state index in [-0.39, 0.29) is 94.7 Å². The molecule has 0 saturated carbocycles. The minimum absolute atomic E-state index is 0. The van der Waals surface area contributed by atoms with Crippen molar-refractivity contribution in [2.75, 3.05) is 13.2 Å². The van der Waals surface area contributed by atoms with E-state index in [1.165, 1.54) is 32.1 Å². The molecule has 0 aromatic heterocycles. The summed E-state index contributed by atoms with van der Waals surface area (Å²) in [6.45, 7) is 2.49. The van der Waals surface area contributed by atoms with Gasteiger partial charge in [-0.1, -0.05) is 64.2 Å². The average Bonchev–Trinajstić information content (AvgIpc) is 2.87. The summed E-state index contributed by atoms with van der Waals surface area (Å²) in [4.78, 5) is 45.4. The predicted molar refractivity (Wildman–Crippen MR) is 172 cm³/mol. The van der Waals surface area contributed by atoms with Gasteiger partial charge < -0.3 is 28.3 Å². The number of hydrogen-bond donors (Lipinski definition) is 0. The molecule has 0 N–H and O–H groups in total. The van der Waals surface area contributed by atoms with Gasteiger partial charge in [0, 0.05) is 28.0 Å². The minimum Gasteiger partial charge on any atom is -0.790 e. The third-order valence-electron chi connectivity index (χ3n) is 4.45. The van der Waals surface area contributed by atoms with E-state index in [1.807, 2.05) is 0 Å². The maximum absolute atomic E-state index is 12.1. The third-order valence-corrected chi connectivity index (χ3v) is 4.92. The molecule has 0 radical (unpaired) electrons. The second-order valence-corrected chi connectivity index (χ2v) is 8.81. The summed E-state index contributed by atoms with van der Waals surface area (Å²) >= 11 is 0. The second kappa shape index (κ2) is 33.3. The molecule has 0 aliphatic rings. The number of phosphoric ester groups is 1. The van der Waals surface area contributed by atoms with Gasteiger partial charge >= 0.3 is 71.1 Å². The first-order chi connectivity index (χ1) is 18.3. The average molecular weight is 641 g/mol. The zero-order valence-electron chi connectivity index (χ0n) is 24.3. The molecule has 12 heteroatoms. The van der Waals surface area contributed by atoms with Crippen molar-refractivity contribution >= 4 is 33.3 Å². The SMILES string of the molecule is CC#CC#CC#CC#CC#CC#CC(=O)OC[C@@H](COP(=O)([O-])[O-])OC(=O)CCCCCCCCCCC.S.[HH].[HH].[HH].[HH].[HH].[HH].[HH].[HH].[HH].[HH].[HH].[Na+].[Na+]. The van der Waals surface area contributed by atoms with Crippen molar-refractivity contribution < 1.29 is 113 Å². The van der Waals surface area contributed by atoms with Crippen LogP contribution in [0.2, 0.25) is 0 Å². The topological polar surface area (TPSA) is 125 Å². The second-order valence-electron chi connectivity index (χ2n) is 7.66. The van der Waals surface area contributed by atoms with Crippen LogP contribution >= 0.6 is 21.3 Å². The van der Waals surface area contributed by atoms with Crippen LogP contribution in [0.3, 0.4) is 0 Å². The van der Waals surface area contributed by atoms with Crippen LogP contribution in [-0.2, 0) is 28.2 Å². The monoisotopic (exact) mass is 640 g/mol. The molecule has 0 aliphatic carbocycles. The summed E-state index contributed by atoms with van der Waals surface area (Å²) in [5, 5.41) is 0. The van der Waals surface area contributed by atoms with Gasteiger partial charge in [-0.2, -0.15) is 13.5 Å². The number of carbonyl (C=O) groups excluding carboxylic acids is 2. The molecule has 0 spiro atoms. The first-order valence-electron chi connectivity index (χ1n) is 12.2. The molecular formula is C29H55Na2O8PS. The van der Waals surface area contributed by atoms with E-state index in [0.717, 1.165) is 19.3 Å². The molecule has 0 aromatic carbocycles. The normalized spacial score (nSPS) is 9.17. The van der Waals surface area contributed by atoms with Crippen LogP contribution < -0.4 is 68.9 Å². The standard InChI is InChI=1S/C29H33O8P.2Na.H2S.11H2/c1-3-5-7-9-11-13-14-16-17-19-21-23-28(30)35-25-27(26-36-38(32,33)34)37-29(31)24-22-20-18-15-12-10-8-6-4-2;;;;;;;;;;;;;;/h27H,4,6,8,10,12,15,18,20,22,24-26H2,1-2H3,(H2,32,33,34);;;1H2;11*1H/q;2*+1;;;;;;;;;;;;/p-2/t27-;;;;;;;;;;;;;;/m0............../s1. The predicted octanol–water partition coefficient (Wildman–Crippen LogP) is -0.925. The quantitative estimate of drug-likeness (QED) is 0.0530. The van der Waals surface area contributed by atoms with E-state index < -0.39 is 39.1 Å². The summed E-state index contributed by atoms with van der Waals surface area (Å²) in [6.07, 6.45) is 8.45. The molecule has 0 rings (SSSR count). The van der Waals surface area contributed by atoms with Crippen LogP contribution in [0.5, 0.6) is 0 Å². The van der Waals surface area contributed by atoms with E-state index in [1.54, 1.807) is 6.92 Å². The Hall–Kier alpha value is -1.24. The number of unbranched alkanes of at least 4 members (excludes halogenated alkanes) is 8. The summed E-state index contributed by atoms with van der Waals surface area (Å²) in [7, 11) is -5.31. The van der Waals surface area contributed by atoms with Crippen molar-refractivity contribution in [3.05, 3.63) is 0 Å². The van der Waals surface area contributed by atoms with Crippen molar-refractivity contribution in [2.45, 2.75) is 84.2 Å². The fraction of sp³-hybridized carbons (Fsp3) is 0.517. The van der Waals surface area contributed by atoms with Gasteiger partial charge in [-0.3, -0.25) is 4.79 Å². The Morgan fingerprint density at radius 2 is 1.22 bits per heavy atom. The molecule has 41 heavy (non-hydrogen) atoms. The fourth-order valence-corrected chi connectivity index (χ4v) is 3.06. The van der Waals surface area contributed by atoms with Crippen molar-refractivity contribution in [3.8, 4) is 71.0 Å². The summed E-state index contributed by atoms with van der Waals surface area (Å²) < 4.78 is 24.9. The number of phosphoric acid groups is 1. The van der Waals surface area contributed by atoms with Gasteiger partial charge in [-0.25, -0.2) is 4.79 Å². The van der Waals surface area contributed by atoms with Crippen molar-refractivity contribution in [3.63, 3.8) is 0 Å². The van der Waals surface area contributed by atoms with Crippen LogP contribution in [0.1, 0.15) is 93.7 Å². The number of rotatable bonds is 16. The molecule has 0 saturated heterocycles. The molecule has 1 atom stereocenters. The summed E-state index contributed by atoms with van der Waals surface area (Å²) in [5.41, 5.74) is 0. The molecule has 0 fully saturated rings. The first kappa shape index (κ1) is 46.7. The number of ether oxygens (including phenoxy) is 2. The first-order valence-corrected chi connectivity index (χ1v) is 13.7. The van der Waals surface area contributed by atoms with Gasteiger partial charge in [0.2, 0.25) is 0 Å². The third kappa shape index (κ3) is 36.7. The fourth-order valence-electron chi connectivity index (χ4n) is 2.71. The van der Waals surface area contributed by atoms with Gasteiger partial charge in [0.1, 0.15) is 6.61 Å². The van der Waals surface area contributed by atoms with E-state index in [9.17, 15) is 23.9 Å². The van der Waals surface area contributed by atoms with Crippen LogP contribution in [0.25, 0.3) is 0 Å². The maximum atomic E-state index is 12.1. The van der Waals surface area contributed by atoms with Crippen LogP contribution in [0, 0.1) is 71.0 Å². The Morgan fingerprint density at radius 3 is 1.71 bits per heavy atom. The Balaban J connectivity index is -0.0000000752. The minimum atomic E-state index is -5.31. The molecular weight excluding hydrogens is 585 g/mol. The Bertz CT molecular complexity index is 1220. The van der Waals surface area contributed by atoms with Gasteiger partial charge in [0.05, 0.1) is 14.4 Å². The smallest absolute Gasteiger partial charge is 0.790 e. The number of carbonyl (C=O) groups is 2. The van der Waals surface area contributed by atoms with Gasteiger partial charge in [0.25, 0.3) is 0 Å². The summed E-state index contributed by atoms with van der Waals surface area (Å²) in [5.74, 6) is 27.0. The molecule has 0 heterocycles.